The molecule has 0 aliphatic carbocycles. The molecule has 0 fully saturated rings. The van der Waals surface area contributed by atoms with Crippen LogP contribution in [-0.4, -0.2) is 24.8 Å². The highest BCUT2D eigenvalue weighted by atomic mass is 32.1. The van der Waals surface area contributed by atoms with E-state index in [2.05, 4.69) is 25.6 Å². The molecule has 0 bridgehead atoms. The van der Waals surface area contributed by atoms with Crippen LogP contribution in [0, 0.1) is 6.92 Å². The first-order chi connectivity index (χ1) is 15.0. The standard InChI is InChI=1S/C21H18N6O3S/c1-13-3-8-16(11-17(13)25-19-22-9-2-10-23-19)24-18(28)15-6-4-14(5-7-15)12-27-20(29)26-21(30)31-27/h2-11H,12H2,1H3,(H,24,28)(H,22,23,25)(H,26,29,30). The van der Waals surface area contributed by atoms with Gasteiger partial charge in [0.1, 0.15) is 0 Å². The van der Waals surface area contributed by atoms with E-state index in [1.54, 1.807) is 42.7 Å². The van der Waals surface area contributed by atoms with Crippen LogP contribution in [0.5, 0.6) is 0 Å². The number of nitrogens with zero attached hydrogens (tertiary/aromatic N) is 3. The summed E-state index contributed by atoms with van der Waals surface area (Å²) in [5, 5.41) is 6.01. The summed E-state index contributed by atoms with van der Waals surface area (Å²) < 4.78 is 1.33. The van der Waals surface area contributed by atoms with E-state index >= 15 is 0 Å². The fraction of sp³-hybridized carbons (Fsp3) is 0.0952. The number of hydrogen-bond donors (Lipinski definition) is 3. The Morgan fingerprint density at radius 1 is 1.10 bits per heavy atom. The van der Waals surface area contributed by atoms with Crippen molar-refractivity contribution in [1.29, 1.82) is 0 Å². The number of aromatic amines is 1. The highest BCUT2D eigenvalue weighted by Gasteiger charge is 2.09. The second-order valence-corrected chi connectivity index (χ2v) is 7.72. The van der Waals surface area contributed by atoms with Gasteiger partial charge in [-0.2, -0.15) is 0 Å². The summed E-state index contributed by atoms with van der Waals surface area (Å²) in [6, 6.07) is 14.1. The lowest BCUT2D eigenvalue weighted by Crippen LogP contribution is -2.17. The van der Waals surface area contributed by atoms with Crippen LogP contribution in [0.1, 0.15) is 21.5 Å². The third-order valence-electron chi connectivity index (χ3n) is 4.48. The van der Waals surface area contributed by atoms with Gasteiger partial charge in [0.05, 0.1) is 6.54 Å². The van der Waals surface area contributed by atoms with Crippen LogP contribution in [-0.2, 0) is 6.54 Å². The molecule has 0 aliphatic rings. The first-order valence-corrected chi connectivity index (χ1v) is 10.1. The second-order valence-electron chi connectivity index (χ2n) is 6.72. The predicted octanol–water partition coefficient (Wildman–Crippen LogP) is 2.74. The SMILES string of the molecule is Cc1ccc(NC(=O)c2ccc(Cn3sc(=O)[nH]c3=O)cc2)cc1Nc1ncccn1. The van der Waals surface area contributed by atoms with Crippen LogP contribution in [0.4, 0.5) is 17.3 Å². The van der Waals surface area contributed by atoms with Crippen LogP contribution < -0.4 is 21.2 Å². The molecule has 2 aromatic carbocycles. The molecule has 0 radical (unpaired) electrons. The quantitative estimate of drug-likeness (QED) is 0.429. The maximum atomic E-state index is 12.6. The van der Waals surface area contributed by atoms with Gasteiger partial charge in [-0.3, -0.25) is 14.6 Å². The zero-order valence-electron chi connectivity index (χ0n) is 16.5. The Morgan fingerprint density at radius 3 is 2.52 bits per heavy atom. The normalized spacial score (nSPS) is 10.6. The average Bonchev–Trinajstić information content (AvgIpc) is 3.08. The number of nitrogens with one attached hydrogen (secondary N) is 3. The maximum Gasteiger partial charge on any atom is 0.338 e. The van der Waals surface area contributed by atoms with Crippen molar-refractivity contribution in [3.05, 3.63) is 97.8 Å². The van der Waals surface area contributed by atoms with Gasteiger partial charge in [-0.25, -0.2) is 18.7 Å². The lowest BCUT2D eigenvalue weighted by molar-refractivity contribution is 0.102. The van der Waals surface area contributed by atoms with Gasteiger partial charge in [0, 0.05) is 40.9 Å². The zero-order chi connectivity index (χ0) is 21.8. The molecule has 0 saturated carbocycles. The molecule has 3 N–H and O–H groups in total. The van der Waals surface area contributed by atoms with Gasteiger partial charge in [0.25, 0.3) is 5.91 Å². The third kappa shape index (κ3) is 4.93. The summed E-state index contributed by atoms with van der Waals surface area (Å²) in [6.45, 7) is 2.21. The van der Waals surface area contributed by atoms with Gasteiger partial charge in [0.2, 0.25) is 5.95 Å². The predicted molar refractivity (Wildman–Crippen MR) is 119 cm³/mol. The number of carbonyl (C=O) groups excluding carboxylic acids is 1. The van der Waals surface area contributed by atoms with Crippen molar-refractivity contribution in [3.63, 3.8) is 0 Å². The smallest absolute Gasteiger partial charge is 0.324 e. The van der Waals surface area contributed by atoms with E-state index in [-0.39, 0.29) is 12.5 Å². The van der Waals surface area contributed by atoms with E-state index in [0.29, 0.717) is 17.2 Å². The Hall–Kier alpha value is -4.05. The molecule has 0 atom stereocenters. The van der Waals surface area contributed by atoms with Crippen molar-refractivity contribution in [2.24, 2.45) is 0 Å². The molecule has 2 aromatic heterocycles. The number of hydrogen-bond acceptors (Lipinski definition) is 7. The van der Waals surface area contributed by atoms with Gasteiger partial charge >= 0.3 is 10.6 Å². The summed E-state index contributed by atoms with van der Waals surface area (Å²) in [5.41, 5.74) is 3.23. The minimum atomic E-state index is -0.443. The number of benzene rings is 2. The van der Waals surface area contributed by atoms with Gasteiger partial charge < -0.3 is 10.6 Å². The number of rotatable bonds is 6. The minimum Gasteiger partial charge on any atom is -0.324 e. The highest BCUT2D eigenvalue weighted by molar-refractivity contribution is 7.03. The van der Waals surface area contributed by atoms with Crippen LogP contribution in [0.25, 0.3) is 0 Å². The molecule has 9 nitrogen and oxygen atoms in total. The average molecular weight is 434 g/mol. The topological polar surface area (TPSA) is 122 Å². The molecular formula is C21H18N6O3S. The molecule has 0 aliphatic heterocycles. The molecule has 0 saturated heterocycles. The molecule has 2 heterocycles. The fourth-order valence-electron chi connectivity index (χ4n) is 2.87. The summed E-state index contributed by atoms with van der Waals surface area (Å²) in [4.78, 5) is 45.6. The van der Waals surface area contributed by atoms with Gasteiger partial charge in [-0.15, -0.1) is 0 Å². The molecule has 4 aromatic rings. The summed E-state index contributed by atoms with van der Waals surface area (Å²) in [5.74, 6) is 0.206. The van der Waals surface area contributed by atoms with Gasteiger partial charge in [-0.05, 0) is 48.4 Å². The van der Waals surface area contributed by atoms with Crippen molar-refractivity contribution in [1.82, 2.24) is 18.9 Å². The summed E-state index contributed by atoms with van der Waals surface area (Å²) >= 11 is 0.823. The number of anilines is 3. The van der Waals surface area contributed by atoms with Crippen molar-refractivity contribution in [2.75, 3.05) is 10.6 Å². The first-order valence-electron chi connectivity index (χ1n) is 9.33. The zero-order valence-corrected chi connectivity index (χ0v) is 17.3. The van der Waals surface area contributed by atoms with Crippen LogP contribution in [0.15, 0.2) is 70.5 Å². The number of amides is 1. The van der Waals surface area contributed by atoms with E-state index < -0.39 is 10.6 Å². The lowest BCUT2D eigenvalue weighted by Gasteiger charge is -2.11. The van der Waals surface area contributed by atoms with E-state index in [9.17, 15) is 14.4 Å². The largest absolute Gasteiger partial charge is 0.338 e. The Labute approximate surface area is 180 Å². The van der Waals surface area contributed by atoms with E-state index in [1.165, 1.54) is 3.96 Å². The van der Waals surface area contributed by atoms with Crippen molar-refractivity contribution in [3.8, 4) is 0 Å². The van der Waals surface area contributed by atoms with Gasteiger partial charge in [0.15, 0.2) is 0 Å². The number of aromatic nitrogens is 4. The molecule has 156 valence electrons. The monoisotopic (exact) mass is 434 g/mol. The Kier molecular flexibility index (Phi) is 5.72. The van der Waals surface area contributed by atoms with E-state index in [0.717, 1.165) is 28.3 Å². The van der Waals surface area contributed by atoms with Crippen molar-refractivity contribution in [2.45, 2.75) is 13.5 Å². The Balaban J connectivity index is 1.45. The van der Waals surface area contributed by atoms with Crippen molar-refractivity contribution < 1.29 is 4.79 Å². The fourth-order valence-corrected chi connectivity index (χ4v) is 3.54. The summed E-state index contributed by atoms with van der Waals surface area (Å²) in [6.07, 6.45) is 3.29. The highest BCUT2D eigenvalue weighted by Crippen LogP contribution is 2.23. The summed E-state index contributed by atoms with van der Waals surface area (Å²) in [7, 11) is 0. The lowest BCUT2D eigenvalue weighted by atomic mass is 10.1. The number of carbonyl (C=O) groups is 1. The molecule has 10 heteroatoms. The Bertz CT molecular complexity index is 1330. The van der Waals surface area contributed by atoms with E-state index in [1.807, 2.05) is 25.1 Å². The van der Waals surface area contributed by atoms with Crippen LogP contribution in [0.3, 0.4) is 0 Å². The van der Waals surface area contributed by atoms with Crippen molar-refractivity contribution >= 4 is 34.8 Å². The molecule has 1 amide bonds. The molecule has 0 unspecified atom stereocenters. The first kappa shape index (κ1) is 20.2. The molecule has 31 heavy (non-hydrogen) atoms. The third-order valence-corrected chi connectivity index (χ3v) is 5.26. The van der Waals surface area contributed by atoms with Crippen LogP contribution >= 0.6 is 11.5 Å². The second kappa shape index (κ2) is 8.76. The van der Waals surface area contributed by atoms with E-state index in [4.69, 9.17) is 0 Å². The molecule has 0 spiro atoms. The minimum absolute atomic E-state index is 0.263. The molecule has 4 rings (SSSR count). The van der Waals surface area contributed by atoms with Crippen LogP contribution in [0.2, 0.25) is 0 Å². The maximum absolute atomic E-state index is 12.6. The Morgan fingerprint density at radius 2 is 1.84 bits per heavy atom. The van der Waals surface area contributed by atoms with Gasteiger partial charge in [-0.1, -0.05) is 18.2 Å². The number of aryl methyl sites for hydroxylation is 1. The number of H-pyrrole nitrogens is 1. The molecular weight excluding hydrogens is 416 g/mol.